The van der Waals surface area contributed by atoms with Crippen LogP contribution in [0.15, 0.2) is 42.5 Å². The molecule has 0 heterocycles. The van der Waals surface area contributed by atoms with Crippen molar-refractivity contribution in [1.82, 2.24) is 0 Å². The first-order chi connectivity index (χ1) is 13.6. The molecular formula is C23H24O5. The average molecular weight is 380 g/mol. The Hall–Kier alpha value is -3.21. The smallest absolute Gasteiger partial charge is 0.203 e. The molecule has 3 aromatic rings. The van der Waals surface area contributed by atoms with E-state index in [9.17, 15) is 4.79 Å². The van der Waals surface area contributed by atoms with Crippen molar-refractivity contribution >= 4 is 16.6 Å². The molecule has 0 aliphatic carbocycles. The number of ketones is 1. The van der Waals surface area contributed by atoms with Crippen molar-refractivity contribution in [3.63, 3.8) is 0 Å². The molecule has 0 unspecified atom stereocenters. The van der Waals surface area contributed by atoms with Crippen molar-refractivity contribution in [2.75, 3.05) is 28.4 Å². The Morgan fingerprint density at radius 1 is 0.821 bits per heavy atom. The number of fused-ring (bicyclic) bond motifs is 1. The number of methoxy groups -OCH3 is 4. The zero-order valence-corrected chi connectivity index (χ0v) is 16.8. The van der Waals surface area contributed by atoms with Crippen LogP contribution in [-0.4, -0.2) is 34.2 Å². The monoisotopic (exact) mass is 380 g/mol. The van der Waals surface area contributed by atoms with Gasteiger partial charge in [0, 0.05) is 11.1 Å². The number of hydrogen-bond acceptors (Lipinski definition) is 5. The summed E-state index contributed by atoms with van der Waals surface area (Å²) in [5.41, 5.74) is 2.14. The average Bonchev–Trinajstić information content (AvgIpc) is 2.75. The molecule has 0 atom stereocenters. The highest BCUT2D eigenvalue weighted by Crippen LogP contribution is 2.39. The maximum Gasteiger partial charge on any atom is 0.203 e. The molecule has 0 fully saturated rings. The van der Waals surface area contributed by atoms with E-state index in [1.807, 2.05) is 37.3 Å². The van der Waals surface area contributed by atoms with Crippen molar-refractivity contribution in [2.24, 2.45) is 0 Å². The Kier molecular flexibility index (Phi) is 5.73. The van der Waals surface area contributed by atoms with Gasteiger partial charge in [0.1, 0.15) is 5.75 Å². The fourth-order valence-corrected chi connectivity index (χ4v) is 3.40. The van der Waals surface area contributed by atoms with Crippen molar-refractivity contribution in [2.45, 2.75) is 13.3 Å². The van der Waals surface area contributed by atoms with E-state index < -0.39 is 0 Å². The van der Waals surface area contributed by atoms with E-state index in [4.69, 9.17) is 18.9 Å². The van der Waals surface area contributed by atoms with Crippen LogP contribution in [0.1, 0.15) is 28.4 Å². The van der Waals surface area contributed by atoms with Crippen molar-refractivity contribution < 1.29 is 23.7 Å². The summed E-state index contributed by atoms with van der Waals surface area (Å²) in [7, 11) is 6.24. The Morgan fingerprint density at radius 3 is 2.04 bits per heavy atom. The number of ether oxygens (including phenoxy) is 4. The van der Waals surface area contributed by atoms with Crippen LogP contribution in [0.5, 0.6) is 23.0 Å². The van der Waals surface area contributed by atoms with E-state index in [-0.39, 0.29) is 5.78 Å². The molecule has 0 aromatic heterocycles. The summed E-state index contributed by atoms with van der Waals surface area (Å²) in [6.45, 7) is 2.04. The summed E-state index contributed by atoms with van der Waals surface area (Å²) in [4.78, 5) is 13.5. The molecule has 28 heavy (non-hydrogen) atoms. The second-order valence-electron chi connectivity index (χ2n) is 6.28. The third-order valence-electron chi connectivity index (χ3n) is 4.85. The lowest BCUT2D eigenvalue weighted by atomic mass is 9.91. The van der Waals surface area contributed by atoms with E-state index in [1.54, 1.807) is 19.2 Å². The standard InChI is InChI=1S/C23H24O5/c1-6-14-7-8-15-11-17(25-2)9-10-18(15)21(14)22(24)16-12-19(26-3)23(28-5)20(13-16)27-4/h7-13H,6H2,1-5H3. The number of carbonyl (C=O) groups is 1. The van der Waals surface area contributed by atoms with Gasteiger partial charge in [-0.1, -0.05) is 19.1 Å². The molecular weight excluding hydrogens is 356 g/mol. The lowest BCUT2D eigenvalue weighted by molar-refractivity contribution is 0.103. The third-order valence-corrected chi connectivity index (χ3v) is 4.85. The second-order valence-corrected chi connectivity index (χ2v) is 6.28. The quantitative estimate of drug-likeness (QED) is 0.558. The Bertz CT molecular complexity index is 998. The zero-order valence-electron chi connectivity index (χ0n) is 16.8. The van der Waals surface area contributed by atoms with Gasteiger partial charge in [-0.15, -0.1) is 0 Å². The molecule has 0 amide bonds. The second kappa shape index (κ2) is 8.21. The van der Waals surface area contributed by atoms with Gasteiger partial charge in [-0.05, 0) is 53.1 Å². The highest BCUT2D eigenvalue weighted by Gasteiger charge is 2.21. The number of aryl methyl sites for hydroxylation is 1. The molecule has 0 radical (unpaired) electrons. The summed E-state index contributed by atoms with van der Waals surface area (Å²) < 4.78 is 21.5. The van der Waals surface area contributed by atoms with Crippen LogP contribution in [0.3, 0.4) is 0 Å². The van der Waals surface area contributed by atoms with Crippen LogP contribution in [0.25, 0.3) is 10.8 Å². The van der Waals surface area contributed by atoms with Gasteiger partial charge in [-0.25, -0.2) is 0 Å². The number of carbonyl (C=O) groups excluding carboxylic acids is 1. The van der Waals surface area contributed by atoms with E-state index in [0.29, 0.717) is 28.4 Å². The van der Waals surface area contributed by atoms with Gasteiger partial charge in [0.25, 0.3) is 0 Å². The van der Waals surface area contributed by atoms with Gasteiger partial charge in [0.15, 0.2) is 17.3 Å². The van der Waals surface area contributed by atoms with Gasteiger partial charge in [-0.2, -0.15) is 0 Å². The predicted molar refractivity (Wildman–Crippen MR) is 109 cm³/mol. The Balaban J connectivity index is 2.23. The lowest BCUT2D eigenvalue weighted by Crippen LogP contribution is -2.08. The highest BCUT2D eigenvalue weighted by molar-refractivity contribution is 6.18. The maximum absolute atomic E-state index is 13.5. The third kappa shape index (κ3) is 3.36. The number of benzene rings is 3. The maximum atomic E-state index is 13.5. The molecule has 0 saturated heterocycles. The fraction of sp³-hybridized carbons (Fsp3) is 0.261. The Labute approximate surface area is 164 Å². The molecule has 0 aliphatic rings. The minimum absolute atomic E-state index is 0.0909. The van der Waals surface area contributed by atoms with Gasteiger partial charge in [0.2, 0.25) is 5.75 Å². The SMILES string of the molecule is CCc1ccc2cc(OC)ccc2c1C(=O)c1cc(OC)c(OC)c(OC)c1. The first-order valence-electron chi connectivity index (χ1n) is 9.02. The molecule has 0 spiro atoms. The minimum atomic E-state index is -0.0909. The lowest BCUT2D eigenvalue weighted by Gasteiger charge is -2.16. The van der Waals surface area contributed by atoms with E-state index in [1.165, 1.54) is 21.3 Å². The summed E-state index contributed by atoms with van der Waals surface area (Å²) in [5, 5.41) is 1.84. The summed E-state index contributed by atoms with van der Waals surface area (Å²) in [6, 6.07) is 13.1. The van der Waals surface area contributed by atoms with Gasteiger partial charge < -0.3 is 18.9 Å². The fourth-order valence-electron chi connectivity index (χ4n) is 3.40. The molecule has 3 rings (SSSR count). The van der Waals surface area contributed by atoms with Crippen LogP contribution in [0.4, 0.5) is 0 Å². The van der Waals surface area contributed by atoms with Gasteiger partial charge >= 0.3 is 0 Å². The molecule has 0 bridgehead atoms. The van der Waals surface area contributed by atoms with E-state index in [2.05, 4.69) is 0 Å². The molecule has 5 heteroatoms. The van der Waals surface area contributed by atoms with Crippen molar-refractivity contribution in [3.8, 4) is 23.0 Å². The summed E-state index contributed by atoms with van der Waals surface area (Å²) in [5.74, 6) is 2.02. The van der Waals surface area contributed by atoms with Crippen molar-refractivity contribution in [3.05, 3.63) is 59.2 Å². The van der Waals surface area contributed by atoms with Crippen LogP contribution in [0, 0.1) is 0 Å². The van der Waals surface area contributed by atoms with Crippen LogP contribution in [0.2, 0.25) is 0 Å². The molecule has 3 aromatic carbocycles. The largest absolute Gasteiger partial charge is 0.497 e. The molecule has 0 aliphatic heterocycles. The molecule has 146 valence electrons. The number of hydrogen-bond donors (Lipinski definition) is 0. The predicted octanol–water partition coefficient (Wildman–Crippen LogP) is 4.67. The Morgan fingerprint density at radius 2 is 1.50 bits per heavy atom. The van der Waals surface area contributed by atoms with E-state index in [0.717, 1.165) is 28.5 Å². The van der Waals surface area contributed by atoms with Gasteiger partial charge in [0.05, 0.1) is 28.4 Å². The molecule has 0 saturated carbocycles. The van der Waals surface area contributed by atoms with E-state index >= 15 is 0 Å². The van der Waals surface area contributed by atoms with Crippen LogP contribution in [-0.2, 0) is 6.42 Å². The first-order valence-corrected chi connectivity index (χ1v) is 9.02. The summed E-state index contributed by atoms with van der Waals surface area (Å²) in [6.07, 6.45) is 0.744. The molecule has 5 nitrogen and oxygen atoms in total. The van der Waals surface area contributed by atoms with Crippen LogP contribution < -0.4 is 18.9 Å². The van der Waals surface area contributed by atoms with Gasteiger partial charge in [-0.3, -0.25) is 4.79 Å². The normalized spacial score (nSPS) is 10.6. The summed E-state index contributed by atoms with van der Waals surface area (Å²) >= 11 is 0. The topological polar surface area (TPSA) is 54.0 Å². The first kappa shape index (κ1) is 19.5. The molecule has 0 N–H and O–H groups in total. The highest BCUT2D eigenvalue weighted by atomic mass is 16.5. The zero-order chi connectivity index (χ0) is 20.3. The number of rotatable bonds is 7. The van der Waals surface area contributed by atoms with Crippen molar-refractivity contribution in [1.29, 1.82) is 0 Å². The minimum Gasteiger partial charge on any atom is -0.497 e. The van der Waals surface area contributed by atoms with Crippen LogP contribution >= 0.6 is 0 Å².